The van der Waals surface area contributed by atoms with Gasteiger partial charge in [-0.3, -0.25) is 4.90 Å². The van der Waals surface area contributed by atoms with Crippen LogP contribution in [0.5, 0.6) is 0 Å². The van der Waals surface area contributed by atoms with E-state index in [2.05, 4.69) is 4.98 Å². The number of alkyl halides is 3. The Morgan fingerprint density at radius 1 is 1.47 bits per heavy atom. The molecule has 0 radical (unpaired) electrons. The van der Waals surface area contributed by atoms with Crippen molar-refractivity contribution < 1.29 is 13.2 Å². The molecule has 0 unspecified atom stereocenters. The van der Waals surface area contributed by atoms with Gasteiger partial charge in [-0.25, -0.2) is 4.98 Å². The normalized spacial score (nSPS) is 12.4. The van der Waals surface area contributed by atoms with Gasteiger partial charge >= 0.3 is 6.18 Å². The van der Waals surface area contributed by atoms with Crippen LogP contribution >= 0.6 is 0 Å². The maximum atomic E-state index is 12.2. The standard InChI is InChI=1S/C10H17F3N4/c1-2-16(7-10(11,12)13)5-9-6-17(4-3-14)8-15-9/h6,8H,2-5,7,14H2,1H3. The fourth-order valence-electron chi connectivity index (χ4n) is 1.52. The van der Waals surface area contributed by atoms with E-state index in [0.717, 1.165) is 0 Å². The Hall–Kier alpha value is -1.08. The molecule has 0 aromatic carbocycles. The number of halogens is 3. The van der Waals surface area contributed by atoms with Crippen molar-refractivity contribution in [2.75, 3.05) is 19.6 Å². The summed E-state index contributed by atoms with van der Waals surface area (Å²) in [5.41, 5.74) is 6.00. The molecule has 0 bridgehead atoms. The van der Waals surface area contributed by atoms with Crippen molar-refractivity contribution in [2.24, 2.45) is 5.73 Å². The van der Waals surface area contributed by atoms with Crippen LogP contribution in [0.4, 0.5) is 13.2 Å². The Balaban J connectivity index is 2.54. The first kappa shape index (κ1) is 14.0. The summed E-state index contributed by atoms with van der Waals surface area (Å²) in [5, 5.41) is 0. The molecule has 1 aromatic heterocycles. The molecule has 0 fully saturated rings. The molecule has 1 aromatic rings. The van der Waals surface area contributed by atoms with Gasteiger partial charge in [0, 0.05) is 25.8 Å². The number of nitrogens with zero attached hydrogens (tertiary/aromatic N) is 3. The van der Waals surface area contributed by atoms with Crippen LogP contribution in [0.15, 0.2) is 12.5 Å². The van der Waals surface area contributed by atoms with E-state index in [1.54, 1.807) is 24.0 Å². The lowest BCUT2D eigenvalue weighted by atomic mass is 10.4. The average Bonchev–Trinajstić information content (AvgIpc) is 2.63. The zero-order valence-corrected chi connectivity index (χ0v) is 9.74. The van der Waals surface area contributed by atoms with Crippen molar-refractivity contribution in [2.45, 2.75) is 26.2 Å². The number of hydrogen-bond acceptors (Lipinski definition) is 3. The second kappa shape index (κ2) is 6.02. The molecule has 2 N–H and O–H groups in total. The summed E-state index contributed by atoms with van der Waals surface area (Å²) in [5.74, 6) is 0. The lowest BCUT2D eigenvalue weighted by molar-refractivity contribution is -0.146. The van der Waals surface area contributed by atoms with Gasteiger partial charge in [0.25, 0.3) is 0 Å². The minimum Gasteiger partial charge on any atom is -0.336 e. The fraction of sp³-hybridized carbons (Fsp3) is 0.700. The molecule has 0 aliphatic rings. The lowest BCUT2D eigenvalue weighted by Crippen LogP contribution is -2.33. The molecule has 1 rings (SSSR count). The van der Waals surface area contributed by atoms with Crippen LogP contribution in [0.3, 0.4) is 0 Å². The summed E-state index contributed by atoms with van der Waals surface area (Å²) >= 11 is 0. The highest BCUT2D eigenvalue weighted by Crippen LogP contribution is 2.17. The third kappa shape index (κ3) is 5.18. The molecule has 98 valence electrons. The Morgan fingerprint density at radius 2 is 2.18 bits per heavy atom. The van der Waals surface area contributed by atoms with Gasteiger partial charge in [0.05, 0.1) is 18.6 Å². The summed E-state index contributed by atoms with van der Waals surface area (Å²) in [6.07, 6.45) is -0.856. The molecular formula is C10H17F3N4. The number of aromatic nitrogens is 2. The van der Waals surface area contributed by atoms with Gasteiger partial charge in [-0.15, -0.1) is 0 Å². The molecule has 0 spiro atoms. The van der Waals surface area contributed by atoms with Crippen molar-refractivity contribution in [3.05, 3.63) is 18.2 Å². The zero-order valence-electron chi connectivity index (χ0n) is 9.74. The van der Waals surface area contributed by atoms with Gasteiger partial charge in [0.15, 0.2) is 0 Å². The van der Waals surface area contributed by atoms with Gasteiger partial charge in [0.2, 0.25) is 0 Å². The highest BCUT2D eigenvalue weighted by Gasteiger charge is 2.30. The second-order valence-electron chi connectivity index (χ2n) is 3.81. The van der Waals surface area contributed by atoms with Crippen molar-refractivity contribution in [3.63, 3.8) is 0 Å². The third-order valence-corrected chi connectivity index (χ3v) is 2.31. The van der Waals surface area contributed by atoms with E-state index in [9.17, 15) is 13.2 Å². The summed E-state index contributed by atoms with van der Waals surface area (Å²) in [6.45, 7) is 2.43. The van der Waals surface area contributed by atoms with Crippen LogP contribution in [0.25, 0.3) is 0 Å². The maximum absolute atomic E-state index is 12.2. The summed E-state index contributed by atoms with van der Waals surface area (Å²) < 4.78 is 38.5. The first-order valence-corrected chi connectivity index (χ1v) is 5.44. The van der Waals surface area contributed by atoms with Crippen LogP contribution < -0.4 is 5.73 Å². The minimum absolute atomic E-state index is 0.202. The van der Waals surface area contributed by atoms with E-state index in [1.165, 1.54) is 4.90 Å². The summed E-state index contributed by atoms with van der Waals surface area (Å²) in [6, 6.07) is 0. The van der Waals surface area contributed by atoms with Gasteiger partial charge in [0.1, 0.15) is 0 Å². The Kier molecular flexibility index (Phi) is 4.95. The number of rotatable bonds is 6. The molecule has 0 saturated carbocycles. The molecule has 0 aliphatic carbocycles. The monoisotopic (exact) mass is 250 g/mol. The highest BCUT2D eigenvalue weighted by molar-refractivity contribution is 4.96. The fourth-order valence-corrected chi connectivity index (χ4v) is 1.52. The van der Waals surface area contributed by atoms with Crippen LogP contribution in [0, 0.1) is 0 Å². The van der Waals surface area contributed by atoms with Crippen LogP contribution in [0.2, 0.25) is 0 Å². The highest BCUT2D eigenvalue weighted by atomic mass is 19.4. The predicted octanol–water partition coefficient (Wildman–Crippen LogP) is 1.23. The van der Waals surface area contributed by atoms with Crippen LogP contribution in [-0.4, -0.2) is 40.3 Å². The van der Waals surface area contributed by atoms with Crippen LogP contribution in [0.1, 0.15) is 12.6 Å². The summed E-state index contributed by atoms with van der Waals surface area (Å²) in [4.78, 5) is 5.35. The van der Waals surface area contributed by atoms with E-state index >= 15 is 0 Å². The Labute approximate surface area is 98.2 Å². The molecule has 0 amide bonds. The van der Waals surface area contributed by atoms with Crippen LogP contribution in [-0.2, 0) is 13.1 Å². The number of imidazole rings is 1. The van der Waals surface area contributed by atoms with E-state index in [1.807, 2.05) is 0 Å². The average molecular weight is 250 g/mol. The Bertz CT molecular complexity index is 335. The molecule has 0 saturated heterocycles. The van der Waals surface area contributed by atoms with Crippen molar-refractivity contribution in [1.82, 2.24) is 14.5 Å². The van der Waals surface area contributed by atoms with Crippen molar-refractivity contribution in [3.8, 4) is 0 Å². The van der Waals surface area contributed by atoms with Crippen molar-refractivity contribution in [1.29, 1.82) is 0 Å². The van der Waals surface area contributed by atoms with Gasteiger partial charge in [-0.2, -0.15) is 13.2 Å². The summed E-state index contributed by atoms with van der Waals surface area (Å²) in [7, 11) is 0. The first-order valence-electron chi connectivity index (χ1n) is 5.44. The zero-order chi connectivity index (χ0) is 12.9. The molecule has 17 heavy (non-hydrogen) atoms. The minimum atomic E-state index is -4.17. The molecular weight excluding hydrogens is 233 g/mol. The molecule has 0 aliphatic heterocycles. The predicted molar refractivity (Wildman–Crippen MR) is 58.3 cm³/mol. The molecule has 0 atom stereocenters. The van der Waals surface area contributed by atoms with E-state index in [-0.39, 0.29) is 6.54 Å². The van der Waals surface area contributed by atoms with Gasteiger partial charge in [-0.05, 0) is 6.54 Å². The smallest absolute Gasteiger partial charge is 0.336 e. The Morgan fingerprint density at radius 3 is 2.71 bits per heavy atom. The van der Waals surface area contributed by atoms with E-state index in [0.29, 0.717) is 25.3 Å². The molecule has 4 nitrogen and oxygen atoms in total. The van der Waals surface area contributed by atoms with E-state index in [4.69, 9.17) is 5.73 Å². The third-order valence-electron chi connectivity index (χ3n) is 2.31. The SMILES string of the molecule is CCN(Cc1cn(CCN)cn1)CC(F)(F)F. The lowest BCUT2D eigenvalue weighted by Gasteiger charge is -2.20. The molecule has 7 heteroatoms. The second-order valence-corrected chi connectivity index (χ2v) is 3.81. The van der Waals surface area contributed by atoms with Gasteiger partial charge in [-0.1, -0.05) is 6.92 Å². The van der Waals surface area contributed by atoms with Crippen molar-refractivity contribution >= 4 is 0 Å². The largest absolute Gasteiger partial charge is 0.401 e. The van der Waals surface area contributed by atoms with Gasteiger partial charge < -0.3 is 10.3 Å². The number of hydrogen-bond donors (Lipinski definition) is 1. The topological polar surface area (TPSA) is 47.1 Å². The quantitative estimate of drug-likeness (QED) is 0.826. The van der Waals surface area contributed by atoms with E-state index < -0.39 is 12.7 Å². The first-order chi connectivity index (χ1) is 7.94. The molecule has 1 heterocycles. The number of nitrogens with two attached hydrogens (primary N) is 1. The maximum Gasteiger partial charge on any atom is 0.401 e.